The largest absolute Gasteiger partial charge is 0.388 e. The molecule has 1 aromatic rings. The van der Waals surface area contributed by atoms with Crippen LogP contribution in [-0.2, 0) is 10.2 Å². The van der Waals surface area contributed by atoms with Crippen LogP contribution >= 0.6 is 0 Å². The van der Waals surface area contributed by atoms with Crippen molar-refractivity contribution in [2.75, 3.05) is 7.11 Å². The number of hydrogen-bond donors (Lipinski definition) is 2. The fourth-order valence-electron chi connectivity index (χ4n) is 2.76. The van der Waals surface area contributed by atoms with Crippen LogP contribution in [0.2, 0.25) is 0 Å². The van der Waals surface area contributed by atoms with Crippen LogP contribution in [0.3, 0.4) is 0 Å². The summed E-state index contributed by atoms with van der Waals surface area (Å²) >= 11 is 0. The van der Waals surface area contributed by atoms with Crippen LogP contribution in [0.15, 0.2) is 24.3 Å². The van der Waals surface area contributed by atoms with Gasteiger partial charge in [-0.15, -0.1) is 0 Å². The molecule has 3 N–H and O–H groups in total. The molecule has 0 saturated heterocycles. The minimum Gasteiger partial charge on any atom is -0.388 e. The standard InChI is InChI=1S/C13H19NO2/c1-13(2)9-7-5-4-6-8(9)10(14)11(15)12(13)16-3/h4-7,10-12,15H,14H2,1-3H3. The minimum atomic E-state index is -0.658. The molecule has 88 valence electrons. The van der Waals surface area contributed by atoms with Gasteiger partial charge in [-0.05, 0) is 11.1 Å². The molecule has 16 heavy (non-hydrogen) atoms. The summed E-state index contributed by atoms with van der Waals surface area (Å²) in [6.07, 6.45) is -0.924. The zero-order valence-corrected chi connectivity index (χ0v) is 9.97. The molecule has 1 aliphatic rings. The predicted octanol–water partition coefficient (Wildman–Crippen LogP) is 1.35. The van der Waals surface area contributed by atoms with Gasteiger partial charge < -0.3 is 15.6 Å². The molecule has 3 unspecified atom stereocenters. The first kappa shape index (κ1) is 11.6. The van der Waals surface area contributed by atoms with Gasteiger partial charge in [-0.25, -0.2) is 0 Å². The third-order valence-electron chi connectivity index (χ3n) is 3.66. The number of benzene rings is 1. The summed E-state index contributed by atoms with van der Waals surface area (Å²) in [5.41, 5.74) is 8.01. The highest BCUT2D eigenvalue weighted by molar-refractivity contribution is 5.40. The maximum absolute atomic E-state index is 10.2. The van der Waals surface area contributed by atoms with E-state index in [9.17, 15) is 5.11 Å². The van der Waals surface area contributed by atoms with Crippen LogP contribution in [-0.4, -0.2) is 24.4 Å². The molecule has 0 heterocycles. The Morgan fingerprint density at radius 1 is 1.31 bits per heavy atom. The second-order valence-corrected chi connectivity index (χ2v) is 4.98. The van der Waals surface area contributed by atoms with E-state index in [0.717, 1.165) is 5.56 Å². The minimum absolute atomic E-state index is 0.222. The Bertz CT molecular complexity index is 389. The Morgan fingerprint density at radius 3 is 2.56 bits per heavy atom. The number of methoxy groups -OCH3 is 1. The van der Waals surface area contributed by atoms with Crippen molar-refractivity contribution in [3.05, 3.63) is 35.4 Å². The van der Waals surface area contributed by atoms with Crippen molar-refractivity contribution in [2.24, 2.45) is 5.73 Å². The van der Waals surface area contributed by atoms with Gasteiger partial charge in [-0.3, -0.25) is 0 Å². The van der Waals surface area contributed by atoms with E-state index >= 15 is 0 Å². The molecule has 0 spiro atoms. The monoisotopic (exact) mass is 221 g/mol. The molecular weight excluding hydrogens is 202 g/mol. The van der Waals surface area contributed by atoms with Crippen LogP contribution in [0.25, 0.3) is 0 Å². The lowest BCUT2D eigenvalue weighted by Crippen LogP contribution is -2.53. The molecule has 3 atom stereocenters. The highest BCUT2D eigenvalue weighted by Crippen LogP contribution is 2.41. The molecule has 0 bridgehead atoms. The predicted molar refractivity (Wildman–Crippen MR) is 63.2 cm³/mol. The number of hydrogen-bond acceptors (Lipinski definition) is 3. The van der Waals surface area contributed by atoms with Crippen molar-refractivity contribution in [2.45, 2.75) is 37.5 Å². The van der Waals surface area contributed by atoms with E-state index in [1.807, 2.05) is 18.2 Å². The highest BCUT2D eigenvalue weighted by Gasteiger charge is 2.45. The van der Waals surface area contributed by atoms with E-state index in [4.69, 9.17) is 10.5 Å². The summed E-state index contributed by atoms with van der Waals surface area (Å²) in [6.45, 7) is 4.16. The average Bonchev–Trinajstić information content (AvgIpc) is 2.27. The molecule has 0 saturated carbocycles. The summed E-state index contributed by atoms with van der Waals surface area (Å²) < 4.78 is 5.42. The SMILES string of the molecule is COC1C(O)C(N)c2ccccc2C1(C)C. The Balaban J connectivity index is 2.58. The Labute approximate surface area is 96.2 Å². The van der Waals surface area contributed by atoms with Gasteiger partial charge in [0.15, 0.2) is 0 Å². The maximum Gasteiger partial charge on any atom is 0.100 e. The normalized spacial score (nSPS) is 32.2. The van der Waals surface area contributed by atoms with Crippen molar-refractivity contribution >= 4 is 0 Å². The summed E-state index contributed by atoms with van der Waals surface area (Å²) in [5, 5.41) is 10.2. The Morgan fingerprint density at radius 2 is 1.94 bits per heavy atom. The van der Waals surface area contributed by atoms with E-state index in [0.29, 0.717) is 0 Å². The van der Waals surface area contributed by atoms with Gasteiger partial charge in [0.1, 0.15) is 6.10 Å². The summed E-state index contributed by atoms with van der Waals surface area (Å²) in [4.78, 5) is 0. The lowest BCUT2D eigenvalue weighted by molar-refractivity contribution is -0.0694. The van der Waals surface area contributed by atoms with Gasteiger partial charge in [0.25, 0.3) is 0 Å². The molecule has 0 radical (unpaired) electrons. The van der Waals surface area contributed by atoms with E-state index < -0.39 is 6.10 Å². The Hall–Kier alpha value is -0.900. The number of rotatable bonds is 1. The van der Waals surface area contributed by atoms with E-state index in [1.165, 1.54) is 5.56 Å². The van der Waals surface area contributed by atoms with Crippen LogP contribution in [0.1, 0.15) is 31.0 Å². The van der Waals surface area contributed by atoms with Crippen LogP contribution in [0.4, 0.5) is 0 Å². The van der Waals surface area contributed by atoms with Crippen molar-refractivity contribution in [1.29, 1.82) is 0 Å². The van der Waals surface area contributed by atoms with E-state index in [-0.39, 0.29) is 17.6 Å². The number of ether oxygens (including phenoxy) is 1. The number of nitrogens with two attached hydrogens (primary N) is 1. The van der Waals surface area contributed by atoms with Crippen molar-refractivity contribution in [1.82, 2.24) is 0 Å². The lowest BCUT2D eigenvalue weighted by atomic mass is 9.68. The van der Waals surface area contributed by atoms with E-state index in [1.54, 1.807) is 7.11 Å². The second-order valence-electron chi connectivity index (χ2n) is 4.98. The van der Waals surface area contributed by atoms with Gasteiger partial charge in [0.2, 0.25) is 0 Å². The third kappa shape index (κ3) is 1.47. The van der Waals surface area contributed by atoms with Gasteiger partial charge in [-0.1, -0.05) is 38.1 Å². The van der Waals surface area contributed by atoms with E-state index in [2.05, 4.69) is 19.9 Å². The molecule has 0 fully saturated rings. The number of aliphatic hydroxyl groups is 1. The molecule has 0 amide bonds. The van der Waals surface area contributed by atoms with Gasteiger partial charge >= 0.3 is 0 Å². The summed E-state index contributed by atoms with van der Waals surface area (Å²) in [5.74, 6) is 0. The second kappa shape index (κ2) is 3.84. The number of aliphatic hydroxyl groups excluding tert-OH is 1. The smallest absolute Gasteiger partial charge is 0.100 e. The van der Waals surface area contributed by atoms with Crippen molar-refractivity contribution < 1.29 is 9.84 Å². The molecule has 0 aromatic heterocycles. The molecule has 1 aromatic carbocycles. The first-order valence-electron chi connectivity index (χ1n) is 5.56. The fraction of sp³-hybridized carbons (Fsp3) is 0.538. The van der Waals surface area contributed by atoms with Crippen LogP contribution in [0.5, 0.6) is 0 Å². The van der Waals surface area contributed by atoms with Gasteiger partial charge in [-0.2, -0.15) is 0 Å². The maximum atomic E-state index is 10.2. The number of fused-ring (bicyclic) bond motifs is 1. The first-order valence-corrected chi connectivity index (χ1v) is 5.56. The zero-order chi connectivity index (χ0) is 11.9. The molecule has 2 rings (SSSR count). The molecular formula is C13H19NO2. The lowest BCUT2D eigenvalue weighted by Gasteiger charge is -2.45. The molecule has 1 aliphatic carbocycles. The van der Waals surface area contributed by atoms with Gasteiger partial charge in [0, 0.05) is 12.5 Å². The summed E-state index contributed by atoms with van der Waals surface area (Å²) in [7, 11) is 1.62. The third-order valence-corrected chi connectivity index (χ3v) is 3.66. The summed E-state index contributed by atoms with van der Waals surface area (Å²) in [6, 6.07) is 7.63. The zero-order valence-electron chi connectivity index (χ0n) is 9.97. The molecule has 3 heteroatoms. The fourth-order valence-corrected chi connectivity index (χ4v) is 2.76. The molecule has 0 aliphatic heterocycles. The quantitative estimate of drug-likeness (QED) is 0.752. The first-order chi connectivity index (χ1) is 7.50. The average molecular weight is 221 g/mol. The highest BCUT2D eigenvalue weighted by atomic mass is 16.5. The Kier molecular flexibility index (Phi) is 2.78. The van der Waals surface area contributed by atoms with Crippen LogP contribution in [0, 0.1) is 0 Å². The van der Waals surface area contributed by atoms with Gasteiger partial charge in [0.05, 0.1) is 12.1 Å². The van der Waals surface area contributed by atoms with Crippen molar-refractivity contribution in [3.8, 4) is 0 Å². The topological polar surface area (TPSA) is 55.5 Å². The van der Waals surface area contributed by atoms with Crippen molar-refractivity contribution in [3.63, 3.8) is 0 Å². The van der Waals surface area contributed by atoms with Crippen LogP contribution < -0.4 is 5.73 Å². The molecule has 3 nitrogen and oxygen atoms in total.